The van der Waals surface area contributed by atoms with E-state index in [1.165, 1.54) is 6.07 Å². The fourth-order valence-electron chi connectivity index (χ4n) is 2.43. The van der Waals surface area contributed by atoms with Crippen LogP contribution in [0.3, 0.4) is 0 Å². The number of hydrogen-bond donors (Lipinski definition) is 1. The number of nitrogens with two attached hydrogens (primary N) is 1. The minimum Gasteiger partial charge on any atom is -0.489 e. The highest BCUT2D eigenvalue weighted by Crippen LogP contribution is 2.21. The molecule has 1 amide bonds. The number of halogens is 1. The van der Waals surface area contributed by atoms with E-state index in [0.29, 0.717) is 6.54 Å². The first-order valence-corrected chi connectivity index (χ1v) is 7.93. The molecule has 0 bridgehead atoms. The third-order valence-corrected chi connectivity index (χ3v) is 4.01. The second-order valence-electron chi connectivity index (χ2n) is 5.76. The van der Waals surface area contributed by atoms with Crippen LogP contribution in [0.2, 0.25) is 0 Å². The quantitative estimate of drug-likeness (QED) is 0.849. The summed E-state index contributed by atoms with van der Waals surface area (Å²) in [5.74, 6) is -0.646. The summed E-state index contributed by atoms with van der Waals surface area (Å²) >= 11 is 0. The molecule has 0 aliphatic heterocycles. The van der Waals surface area contributed by atoms with Gasteiger partial charge in [-0.1, -0.05) is 49.4 Å². The normalized spacial score (nSPS) is 13.2. The van der Waals surface area contributed by atoms with Crippen molar-refractivity contribution >= 4 is 5.91 Å². The van der Waals surface area contributed by atoms with Crippen molar-refractivity contribution in [3.63, 3.8) is 0 Å². The van der Waals surface area contributed by atoms with Gasteiger partial charge in [-0.2, -0.15) is 0 Å². The second-order valence-corrected chi connectivity index (χ2v) is 5.76. The van der Waals surface area contributed by atoms with E-state index in [-0.39, 0.29) is 30.2 Å². The van der Waals surface area contributed by atoms with Gasteiger partial charge in [0.05, 0.1) is 12.5 Å². The van der Waals surface area contributed by atoms with Crippen molar-refractivity contribution in [2.24, 2.45) is 11.7 Å². The predicted octanol–water partition coefficient (Wildman–Crippen LogP) is 3.00. The van der Waals surface area contributed by atoms with Crippen molar-refractivity contribution in [2.45, 2.75) is 13.0 Å². The van der Waals surface area contributed by atoms with E-state index < -0.39 is 5.82 Å². The Morgan fingerprint density at radius 1 is 1.17 bits per heavy atom. The standard InChI is InChI=1S/C19H23FN2O2/c1-14(18(21)15-8-4-3-5-9-15)19(23)22(2)12-13-24-17-11-7-6-10-16(17)20/h3-11,14,18H,12-13,21H2,1-2H3. The summed E-state index contributed by atoms with van der Waals surface area (Å²) in [4.78, 5) is 14.0. The number of para-hydroxylation sites is 1. The van der Waals surface area contributed by atoms with Crippen molar-refractivity contribution in [3.8, 4) is 5.75 Å². The van der Waals surface area contributed by atoms with Gasteiger partial charge in [0.25, 0.3) is 0 Å². The van der Waals surface area contributed by atoms with Gasteiger partial charge in [0.1, 0.15) is 6.61 Å². The number of hydrogen-bond acceptors (Lipinski definition) is 3. The Balaban J connectivity index is 1.86. The van der Waals surface area contributed by atoms with Crippen LogP contribution in [-0.2, 0) is 4.79 Å². The van der Waals surface area contributed by atoms with Crippen molar-refractivity contribution in [2.75, 3.05) is 20.2 Å². The first-order chi connectivity index (χ1) is 11.5. The summed E-state index contributed by atoms with van der Waals surface area (Å²) < 4.78 is 18.9. The average molecular weight is 330 g/mol. The Bertz CT molecular complexity index is 663. The largest absolute Gasteiger partial charge is 0.489 e. The molecule has 24 heavy (non-hydrogen) atoms. The Morgan fingerprint density at radius 3 is 2.46 bits per heavy atom. The van der Waals surface area contributed by atoms with Crippen LogP contribution in [0.15, 0.2) is 54.6 Å². The molecule has 0 saturated carbocycles. The zero-order valence-electron chi connectivity index (χ0n) is 14.0. The summed E-state index contributed by atoms with van der Waals surface area (Å²) in [6.45, 7) is 2.39. The van der Waals surface area contributed by atoms with E-state index in [0.717, 1.165) is 5.56 Å². The fraction of sp³-hybridized carbons (Fsp3) is 0.316. The summed E-state index contributed by atoms with van der Waals surface area (Å²) in [6, 6.07) is 15.4. The number of benzene rings is 2. The van der Waals surface area contributed by atoms with Gasteiger partial charge in [-0.05, 0) is 17.7 Å². The molecular formula is C19H23FN2O2. The van der Waals surface area contributed by atoms with Gasteiger partial charge < -0.3 is 15.4 Å². The maximum Gasteiger partial charge on any atom is 0.227 e. The van der Waals surface area contributed by atoms with Crippen LogP contribution in [-0.4, -0.2) is 31.0 Å². The lowest BCUT2D eigenvalue weighted by molar-refractivity contribution is -0.134. The molecule has 2 atom stereocenters. The molecule has 0 saturated heterocycles. The monoisotopic (exact) mass is 330 g/mol. The number of carbonyl (C=O) groups excluding carboxylic acids is 1. The molecule has 0 aliphatic rings. The van der Waals surface area contributed by atoms with Gasteiger partial charge in [0, 0.05) is 13.1 Å². The maximum atomic E-state index is 13.5. The third kappa shape index (κ3) is 4.55. The summed E-state index contributed by atoms with van der Waals surface area (Å²) in [5, 5.41) is 0. The zero-order valence-corrected chi connectivity index (χ0v) is 14.0. The van der Waals surface area contributed by atoms with E-state index in [1.54, 1.807) is 30.1 Å². The van der Waals surface area contributed by atoms with Crippen molar-refractivity contribution in [3.05, 3.63) is 66.0 Å². The third-order valence-electron chi connectivity index (χ3n) is 4.01. The molecule has 0 aliphatic carbocycles. The number of nitrogens with zero attached hydrogens (tertiary/aromatic N) is 1. The van der Waals surface area contributed by atoms with E-state index in [4.69, 9.17) is 10.5 Å². The molecule has 2 aromatic rings. The number of carbonyl (C=O) groups is 1. The molecule has 0 fully saturated rings. The van der Waals surface area contributed by atoms with Crippen molar-refractivity contribution < 1.29 is 13.9 Å². The first kappa shape index (κ1) is 17.9. The van der Waals surface area contributed by atoms with Crippen LogP contribution in [0.1, 0.15) is 18.5 Å². The van der Waals surface area contributed by atoms with Gasteiger partial charge in [-0.15, -0.1) is 0 Å². The minimum atomic E-state index is -0.411. The molecule has 128 valence electrons. The average Bonchev–Trinajstić information content (AvgIpc) is 2.62. The summed E-state index contributed by atoms with van der Waals surface area (Å²) in [6.07, 6.45) is 0. The lowest BCUT2D eigenvalue weighted by Gasteiger charge is -2.25. The SMILES string of the molecule is CC(C(=O)N(C)CCOc1ccccc1F)C(N)c1ccccc1. The van der Waals surface area contributed by atoms with Gasteiger partial charge in [0.2, 0.25) is 5.91 Å². The number of amides is 1. The summed E-state index contributed by atoms with van der Waals surface area (Å²) in [7, 11) is 1.70. The minimum absolute atomic E-state index is 0.0662. The van der Waals surface area contributed by atoms with Crippen molar-refractivity contribution in [1.29, 1.82) is 0 Å². The molecular weight excluding hydrogens is 307 g/mol. The Kier molecular flexibility index (Phi) is 6.32. The molecule has 2 unspecified atom stereocenters. The molecule has 2 aromatic carbocycles. The molecule has 0 radical (unpaired) electrons. The topological polar surface area (TPSA) is 55.6 Å². The predicted molar refractivity (Wildman–Crippen MR) is 92.1 cm³/mol. The van der Waals surface area contributed by atoms with Crippen molar-refractivity contribution in [1.82, 2.24) is 4.90 Å². The molecule has 4 nitrogen and oxygen atoms in total. The van der Waals surface area contributed by atoms with Gasteiger partial charge in [0.15, 0.2) is 11.6 Å². The molecule has 0 heterocycles. The Hall–Kier alpha value is -2.40. The molecule has 2 rings (SSSR count). The lowest BCUT2D eigenvalue weighted by Crippen LogP contribution is -2.39. The highest BCUT2D eigenvalue weighted by molar-refractivity contribution is 5.79. The Labute approximate surface area is 142 Å². The Morgan fingerprint density at radius 2 is 1.79 bits per heavy atom. The molecule has 0 spiro atoms. The second kappa shape index (κ2) is 8.45. The van der Waals surface area contributed by atoms with Gasteiger partial charge >= 0.3 is 0 Å². The van der Waals surface area contributed by atoms with E-state index in [2.05, 4.69) is 0 Å². The van der Waals surface area contributed by atoms with E-state index in [9.17, 15) is 9.18 Å². The lowest BCUT2D eigenvalue weighted by atomic mass is 9.94. The smallest absolute Gasteiger partial charge is 0.227 e. The van der Waals surface area contributed by atoms with E-state index >= 15 is 0 Å². The maximum absolute atomic E-state index is 13.5. The van der Waals surface area contributed by atoms with Crippen LogP contribution >= 0.6 is 0 Å². The number of ether oxygens (including phenoxy) is 1. The molecule has 5 heteroatoms. The number of rotatable bonds is 7. The van der Waals surface area contributed by atoms with E-state index in [1.807, 2.05) is 37.3 Å². The zero-order chi connectivity index (χ0) is 17.5. The summed E-state index contributed by atoms with van der Waals surface area (Å²) in [5.41, 5.74) is 7.11. The highest BCUT2D eigenvalue weighted by atomic mass is 19.1. The number of likely N-dealkylation sites (N-methyl/N-ethyl adjacent to an activating group) is 1. The van der Waals surface area contributed by atoms with Gasteiger partial charge in [-0.3, -0.25) is 4.79 Å². The van der Waals surface area contributed by atoms with Crippen LogP contribution in [0.5, 0.6) is 5.75 Å². The molecule has 0 aromatic heterocycles. The van der Waals surface area contributed by atoms with Gasteiger partial charge in [-0.25, -0.2) is 4.39 Å². The van der Waals surface area contributed by atoms with Crippen LogP contribution in [0.25, 0.3) is 0 Å². The van der Waals surface area contributed by atoms with Crippen LogP contribution in [0, 0.1) is 11.7 Å². The fourth-order valence-corrected chi connectivity index (χ4v) is 2.43. The van der Waals surface area contributed by atoms with Crippen LogP contribution in [0.4, 0.5) is 4.39 Å². The highest BCUT2D eigenvalue weighted by Gasteiger charge is 2.24. The first-order valence-electron chi connectivity index (χ1n) is 7.93. The van der Waals surface area contributed by atoms with Crippen LogP contribution < -0.4 is 10.5 Å². The molecule has 2 N–H and O–H groups in total.